The molecule has 0 radical (unpaired) electrons. The van der Waals surface area contributed by atoms with E-state index in [1.807, 2.05) is 44.2 Å². The first kappa shape index (κ1) is 25.4. The molecule has 0 saturated carbocycles. The number of nitrogens with one attached hydrogen (secondary N) is 2. The molecule has 0 aliphatic carbocycles. The van der Waals surface area contributed by atoms with Crippen LogP contribution in [0.5, 0.6) is 17.2 Å². The van der Waals surface area contributed by atoms with Crippen molar-refractivity contribution in [2.45, 2.75) is 52.9 Å². The SMILES string of the molecule is CCOc1ccc(CCNC(=O)NCCCOc2ccc(C(C)(C)C)cc2)cc1OCC. The molecule has 0 aliphatic rings. The minimum atomic E-state index is -0.171. The third-order valence-corrected chi connectivity index (χ3v) is 4.90. The summed E-state index contributed by atoms with van der Waals surface area (Å²) in [6, 6.07) is 13.9. The van der Waals surface area contributed by atoms with Gasteiger partial charge in [-0.25, -0.2) is 4.79 Å². The summed E-state index contributed by atoms with van der Waals surface area (Å²) < 4.78 is 17.0. The van der Waals surface area contributed by atoms with Gasteiger partial charge in [-0.15, -0.1) is 0 Å². The quantitative estimate of drug-likeness (QED) is 0.449. The van der Waals surface area contributed by atoms with E-state index in [2.05, 4.69) is 43.5 Å². The molecule has 2 N–H and O–H groups in total. The number of carbonyl (C=O) groups excluding carboxylic acids is 1. The van der Waals surface area contributed by atoms with Crippen molar-refractivity contribution in [1.29, 1.82) is 0 Å². The van der Waals surface area contributed by atoms with Gasteiger partial charge in [-0.1, -0.05) is 39.0 Å². The number of amides is 2. The first-order valence-corrected chi connectivity index (χ1v) is 11.5. The van der Waals surface area contributed by atoms with Gasteiger partial charge in [-0.2, -0.15) is 0 Å². The van der Waals surface area contributed by atoms with Gasteiger partial charge in [0, 0.05) is 13.1 Å². The predicted octanol–water partition coefficient (Wildman–Crippen LogP) is 5.09. The van der Waals surface area contributed by atoms with Gasteiger partial charge in [-0.05, 0) is 67.5 Å². The van der Waals surface area contributed by atoms with Gasteiger partial charge in [-0.3, -0.25) is 0 Å². The third-order valence-electron chi connectivity index (χ3n) is 4.90. The maximum atomic E-state index is 12.0. The Balaban J connectivity index is 1.63. The van der Waals surface area contributed by atoms with Crippen LogP contribution in [-0.2, 0) is 11.8 Å². The summed E-state index contributed by atoms with van der Waals surface area (Å²) in [7, 11) is 0. The predicted molar refractivity (Wildman–Crippen MR) is 129 cm³/mol. The molecule has 6 heteroatoms. The lowest BCUT2D eigenvalue weighted by molar-refractivity contribution is 0.239. The van der Waals surface area contributed by atoms with Gasteiger partial charge in [0.1, 0.15) is 5.75 Å². The number of urea groups is 1. The standard InChI is InChI=1S/C26H38N2O4/c1-6-30-23-14-9-20(19-24(23)31-7-2)15-17-28-25(29)27-16-8-18-32-22-12-10-21(11-13-22)26(3,4)5/h9-14,19H,6-8,15-18H2,1-5H3,(H2,27,28,29). The lowest BCUT2D eigenvalue weighted by Gasteiger charge is -2.19. The van der Waals surface area contributed by atoms with Crippen LogP contribution in [0.25, 0.3) is 0 Å². The van der Waals surface area contributed by atoms with Crippen LogP contribution < -0.4 is 24.8 Å². The average molecular weight is 443 g/mol. The summed E-state index contributed by atoms with van der Waals surface area (Å²) in [5.41, 5.74) is 2.50. The van der Waals surface area contributed by atoms with Crippen LogP contribution >= 0.6 is 0 Å². The second-order valence-corrected chi connectivity index (χ2v) is 8.56. The molecule has 0 spiro atoms. The van der Waals surface area contributed by atoms with E-state index in [0.717, 1.165) is 29.2 Å². The highest BCUT2D eigenvalue weighted by atomic mass is 16.5. The van der Waals surface area contributed by atoms with Crippen molar-refractivity contribution < 1.29 is 19.0 Å². The maximum Gasteiger partial charge on any atom is 0.314 e. The van der Waals surface area contributed by atoms with Crippen molar-refractivity contribution in [2.24, 2.45) is 0 Å². The third kappa shape index (κ3) is 8.69. The molecule has 0 fully saturated rings. The Kier molecular flexibility index (Phi) is 10.2. The molecule has 32 heavy (non-hydrogen) atoms. The number of hydrogen-bond donors (Lipinski definition) is 2. The molecule has 176 valence electrons. The van der Waals surface area contributed by atoms with Crippen LogP contribution in [0, 0.1) is 0 Å². The summed E-state index contributed by atoms with van der Waals surface area (Å²) in [6.45, 7) is 13.3. The Bertz CT molecular complexity index is 829. The number of hydrogen-bond acceptors (Lipinski definition) is 4. The second kappa shape index (κ2) is 12.8. The summed E-state index contributed by atoms with van der Waals surface area (Å²) in [6.07, 6.45) is 1.46. The van der Waals surface area contributed by atoms with Gasteiger partial charge < -0.3 is 24.8 Å². The van der Waals surface area contributed by atoms with E-state index >= 15 is 0 Å². The van der Waals surface area contributed by atoms with Crippen LogP contribution in [0.2, 0.25) is 0 Å². The van der Waals surface area contributed by atoms with E-state index in [1.54, 1.807) is 0 Å². The molecule has 2 rings (SSSR count). The summed E-state index contributed by atoms with van der Waals surface area (Å²) in [5, 5.41) is 5.76. The Labute approximate surface area is 192 Å². The van der Waals surface area contributed by atoms with Crippen molar-refractivity contribution in [2.75, 3.05) is 32.9 Å². The fourth-order valence-corrected chi connectivity index (χ4v) is 3.15. The zero-order chi connectivity index (χ0) is 23.4. The number of benzene rings is 2. The fraction of sp³-hybridized carbons (Fsp3) is 0.500. The van der Waals surface area contributed by atoms with Crippen molar-refractivity contribution in [3.05, 3.63) is 53.6 Å². The van der Waals surface area contributed by atoms with Crippen molar-refractivity contribution in [3.63, 3.8) is 0 Å². The van der Waals surface area contributed by atoms with Crippen LogP contribution in [0.4, 0.5) is 4.79 Å². The summed E-state index contributed by atoms with van der Waals surface area (Å²) in [5.74, 6) is 2.34. The molecule has 0 heterocycles. The van der Waals surface area contributed by atoms with E-state index < -0.39 is 0 Å². The van der Waals surface area contributed by atoms with Crippen LogP contribution in [-0.4, -0.2) is 38.9 Å². The topological polar surface area (TPSA) is 68.8 Å². The Hall–Kier alpha value is -2.89. The number of carbonyl (C=O) groups is 1. The van der Waals surface area contributed by atoms with Crippen LogP contribution in [0.15, 0.2) is 42.5 Å². The molecule has 6 nitrogen and oxygen atoms in total. The monoisotopic (exact) mass is 442 g/mol. The summed E-state index contributed by atoms with van der Waals surface area (Å²) in [4.78, 5) is 12.0. The molecular formula is C26H38N2O4. The van der Waals surface area contributed by atoms with E-state index in [4.69, 9.17) is 14.2 Å². The van der Waals surface area contributed by atoms with Crippen molar-refractivity contribution in [1.82, 2.24) is 10.6 Å². The second-order valence-electron chi connectivity index (χ2n) is 8.56. The van der Waals surface area contributed by atoms with E-state index in [0.29, 0.717) is 39.3 Å². The largest absolute Gasteiger partial charge is 0.494 e. The Morgan fingerprint density at radius 1 is 0.844 bits per heavy atom. The molecule has 0 unspecified atom stereocenters. The number of rotatable bonds is 12. The van der Waals surface area contributed by atoms with E-state index in [1.165, 1.54) is 5.56 Å². The van der Waals surface area contributed by atoms with Gasteiger partial charge >= 0.3 is 6.03 Å². The zero-order valence-electron chi connectivity index (χ0n) is 20.1. The minimum Gasteiger partial charge on any atom is -0.494 e. The molecule has 0 aromatic heterocycles. The normalized spacial score (nSPS) is 11.0. The van der Waals surface area contributed by atoms with Gasteiger partial charge in [0.15, 0.2) is 11.5 Å². The first-order chi connectivity index (χ1) is 15.3. The Morgan fingerprint density at radius 3 is 2.16 bits per heavy atom. The van der Waals surface area contributed by atoms with E-state index in [9.17, 15) is 4.79 Å². The minimum absolute atomic E-state index is 0.133. The highest BCUT2D eigenvalue weighted by Gasteiger charge is 2.13. The fourth-order valence-electron chi connectivity index (χ4n) is 3.15. The molecule has 0 aliphatic heterocycles. The molecule has 0 atom stereocenters. The Morgan fingerprint density at radius 2 is 1.50 bits per heavy atom. The molecular weight excluding hydrogens is 404 g/mol. The molecule has 0 saturated heterocycles. The van der Waals surface area contributed by atoms with Crippen molar-refractivity contribution in [3.8, 4) is 17.2 Å². The smallest absolute Gasteiger partial charge is 0.314 e. The zero-order valence-corrected chi connectivity index (χ0v) is 20.1. The van der Waals surface area contributed by atoms with Crippen LogP contribution in [0.3, 0.4) is 0 Å². The average Bonchev–Trinajstić information content (AvgIpc) is 2.75. The molecule has 2 amide bonds. The van der Waals surface area contributed by atoms with Crippen LogP contribution in [0.1, 0.15) is 52.2 Å². The highest BCUT2D eigenvalue weighted by Crippen LogP contribution is 2.28. The highest BCUT2D eigenvalue weighted by molar-refractivity contribution is 5.73. The lowest BCUT2D eigenvalue weighted by Crippen LogP contribution is -2.37. The molecule has 2 aromatic carbocycles. The maximum absolute atomic E-state index is 12.0. The van der Waals surface area contributed by atoms with Gasteiger partial charge in [0.05, 0.1) is 19.8 Å². The van der Waals surface area contributed by atoms with Gasteiger partial charge in [0.2, 0.25) is 0 Å². The first-order valence-electron chi connectivity index (χ1n) is 11.5. The molecule has 2 aromatic rings. The lowest BCUT2D eigenvalue weighted by atomic mass is 9.87. The summed E-state index contributed by atoms with van der Waals surface area (Å²) >= 11 is 0. The molecule has 0 bridgehead atoms. The number of ether oxygens (including phenoxy) is 3. The van der Waals surface area contributed by atoms with E-state index in [-0.39, 0.29) is 11.4 Å². The van der Waals surface area contributed by atoms with Crippen molar-refractivity contribution >= 4 is 6.03 Å². The van der Waals surface area contributed by atoms with Gasteiger partial charge in [0.25, 0.3) is 0 Å².